The largest absolute Gasteiger partial charge is 0.390 e. The molecule has 1 aromatic rings. The van der Waals surface area contributed by atoms with Gasteiger partial charge in [-0.2, -0.15) is 8.78 Å². The van der Waals surface area contributed by atoms with Gasteiger partial charge >= 0.3 is 0 Å². The lowest BCUT2D eigenvalue weighted by atomic mass is 10.0. The van der Waals surface area contributed by atoms with E-state index in [0.29, 0.717) is 17.2 Å². The molecule has 1 rings (SSSR count). The number of hydrogen-bond acceptors (Lipinski definition) is 2. The van der Waals surface area contributed by atoms with Crippen LogP contribution in [0.25, 0.3) is 0 Å². The molecule has 1 aromatic carbocycles. The minimum Gasteiger partial charge on any atom is -0.390 e. The number of aliphatic hydroxyl groups is 1. The standard InChI is InChI=1S/C14H21F2NO2S/c1-10(2)8-20(19)17-11(3)12-5-4-6-13(7-12)14(15,16)9-18/h4-7,10-11,17-18H,8-9H2,1-3H3/t11-,20-/m1/s1. The topological polar surface area (TPSA) is 49.3 Å². The summed E-state index contributed by atoms with van der Waals surface area (Å²) in [5, 5.41) is 8.71. The second kappa shape index (κ2) is 7.24. The SMILES string of the molecule is CC(C)C[S@@](=O)N[C@H](C)c1cccc(C(F)(F)CO)c1. The molecule has 0 saturated carbocycles. The van der Waals surface area contributed by atoms with Crippen LogP contribution in [-0.2, 0) is 16.9 Å². The maximum absolute atomic E-state index is 13.4. The predicted molar refractivity (Wildman–Crippen MR) is 76.8 cm³/mol. The van der Waals surface area contributed by atoms with Crippen LogP contribution >= 0.6 is 0 Å². The Labute approximate surface area is 121 Å². The summed E-state index contributed by atoms with van der Waals surface area (Å²) in [5.41, 5.74) is 0.383. The molecule has 0 aliphatic carbocycles. The molecule has 0 unspecified atom stereocenters. The fraction of sp³-hybridized carbons (Fsp3) is 0.571. The molecule has 0 saturated heterocycles. The van der Waals surface area contributed by atoms with Crippen molar-refractivity contribution in [1.29, 1.82) is 0 Å². The summed E-state index contributed by atoms with van der Waals surface area (Å²) in [6.45, 7) is 4.48. The second-order valence-electron chi connectivity index (χ2n) is 5.23. The van der Waals surface area contributed by atoms with Gasteiger partial charge in [0.05, 0.1) is 11.0 Å². The molecule has 0 aromatic heterocycles. The third-order valence-electron chi connectivity index (χ3n) is 2.80. The Balaban J connectivity index is 2.81. The quantitative estimate of drug-likeness (QED) is 0.814. The third kappa shape index (κ3) is 4.92. The highest BCUT2D eigenvalue weighted by atomic mass is 32.2. The molecule has 0 spiro atoms. The van der Waals surface area contributed by atoms with Crippen LogP contribution < -0.4 is 4.72 Å². The minimum absolute atomic E-state index is 0.235. The first-order valence-corrected chi connectivity index (χ1v) is 7.82. The summed E-state index contributed by atoms with van der Waals surface area (Å²) >= 11 is 0. The van der Waals surface area contributed by atoms with Gasteiger partial charge in [0.25, 0.3) is 5.92 Å². The van der Waals surface area contributed by atoms with E-state index in [0.717, 1.165) is 0 Å². The summed E-state index contributed by atoms with van der Waals surface area (Å²) in [4.78, 5) is 0. The first-order valence-electron chi connectivity index (χ1n) is 6.50. The molecule has 0 amide bonds. The van der Waals surface area contributed by atoms with Crippen molar-refractivity contribution in [2.45, 2.75) is 32.7 Å². The molecule has 0 heterocycles. The molecule has 114 valence electrons. The van der Waals surface area contributed by atoms with Gasteiger partial charge < -0.3 is 5.11 Å². The smallest absolute Gasteiger partial charge is 0.295 e. The summed E-state index contributed by atoms with van der Waals surface area (Å²) in [6, 6.07) is 5.51. The molecule has 0 fully saturated rings. The number of benzene rings is 1. The van der Waals surface area contributed by atoms with Gasteiger partial charge in [0, 0.05) is 17.4 Å². The summed E-state index contributed by atoms with van der Waals surface area (Å²) in [7, 11) is -1.20. The monoisotopic (exact) mass is 305 g/mol. The van der Waals surface area contributed by atoms with Gasteiger partial charge in [-0.25, -0.2) is 8.93 Å². The molecular weight excluding hydrogens is 284 g/mol. The van der Waals surface area contributed by atoms with Crippen molar-refractivity contribution in [3.05, 3.63) is 35.4 Å². The summed E-state index contributed by atoms with van der Waals surface area (Å²) < 4.78 is 41.5. The first kappa shape index (κ1) is 17.2. The zero-order valence-electron chi connectivity index (χ0n) is 11.9. The maximum atomic E-state index is 13.4. The van der Waals surface area contributed by atoms with Crippen molar-refractivity contribution in [2.75, 3.05) is 12.4 Å². The van der Waals surface area contributed by atoms with E-state index in [1.807, 2.05) is 13.8 Å². The van der Waals surface area contributed by atoms with Crippen LogP contribution in [-0.4, -0.2) is 21.7 Å². The van der Waals surface area contributed by atoms with E-state index >= 15 is 0 Å². The number of alkyl halides is 2. The lowest BCUT2D eigenvalue weighted by molar-refractivity contribution is -0.0556. The number of halogens is 2. The molecule has 3 nitrogen and oxygen atoms in total. The molecule has 0 aliphatic rings. The predicted octanol–water partition coefficient (Wildman–Crippen LogP) is 2.74. The minimum atomic E-state index is -3.26. The average molecular weight is 305 g/mol. The zero-order chi connectivity index (χ0) is 15.3. The number of aliphatic hydroxyl groups excluding tert-OH is 1. The molecule has 6 heteroatoms. The van der Waals surface area contributed by atoms with Gasteiger partial charge in [-0.1, -0.05) is 32.0 Å². The van der Waals surface area contributed by atoms with Crippen molar-refractivity contribution in [1.82, 2.24) is 4.72 Å². The molecular formula is C14H21F2NO2S. The van der Waals surface area contributed by atoms with Gasteiger partial charge in [0.15, 0.2) is 0 Å². The fourth-order valence-electron chi connectivity index (χ4n) is 1.74. The van der Waals surface area contributed by atoms with Crippen LogP contribution in [0.3, 0.4) is 0 Å². The van der Waals surface area contributed by atoms with Crippen LogP contribution in [0.15, 0.2) is 24.3 Å². The van der Waals surface area contributed by atoms with E-state index in [1.54, 1.807) is 13.0 Å². The lowest BCUT2D eigenvalue weighted by Gasteiger charge is -2.18. The zero-order valence-corrected chi connectivity index (χ0v) is 12.7. The average Bonchev–Trinajstić information content (AvgIpc) is 2.37. The molecule has 0 aliphatic heterocycles. The number of hydrogen-bond donors (Lipinski definition) is 2. The summed E-state index contributed by atoms with van der Waals surface area (Å²) in [6.07, 6.45) is 0. The molecule has 2 N–H and O–H groups in total. The van der Waals surface area contributed by atoms with Crippen molar-refractivity contribution < 1.29 is 18.1 Å². The van der Waals surface area contributed by atoms with E-state index in [2.05, 4.69) is 4.72 Å². The van der Waals surface area contributed by atoms with Gasteiger partial charge in [0.1, 0.15) is 6.61 Å². The normalized spacial score (nSPS) is 15.3. The van der Waals surface area contributed by atoms with Gasteiger partial charge in [-0.15, -0.1) is 0 Å². The molecule has 2 atom stereocenters. The van der Waals surface area contributed by atoms with Crippen molar-refractivity contribution in [2.24, 2.45) is 5.92 Å². The van der Waals surface area contributed by atoms with Crippen molar-refractivity contribution in [3.8, 4) is 0 Å². The highest BCUT2D eigenvalue weighted by molar-refractivity contribution is 7.83. The van der Waals surface area contributed by atoms with Crippen molar-refractivity contribution >= 4 is 11.0 Å². The Morgan fingerprint density at radius 3 is 2.55 bits per heavy atom. The Kier molecular flexibility index (Phi) is 6.23. The van der Waals surface area contributed by atoms with E-state index in [1.165, 1.54) is 18.2 Å². The van der Waals surface area contributed by atoms with Crippen LogP contribution in [0.5, 0.6) is 0 Å². The second-order valence-corrected chi connectivity index (χ2v) is 6.49. The third-order valence-corrected chi connectivity index (χ3v) is 4.39. The van der Waals surface area contributed by atoms with Gasteiger partial charge in [0.2, 0.25) is 0 Å². The van der Waals surface area contributed by atoms with E-state index < -0.39 is 23.5 Å². The van der Waals surface area contributed by atoms with Crippen LogP contribution in [0, 0.1) is 5.92 Å². The van der Waals surface area contributed by atoms with Crippen LogP contribution in [0.4, 0.5) is 8.78 Å². The highest BCUT2D eigenvalue weighted by Crippen LogP contribution is 2.29. The molecule has 0 radical (unpaired) electrons. The van der Waals surface area contributed by atoms with E-state index in [-0.39, 0.29) is 11.6 Å². The van der Waals surface area contributed by atoms with E-state index in [4.69, 9.17) is 5.11 Å². The Hall–Kier alpha value is -0.850. The van der Waals surface area contributed by atoms with Gasteiger partial charge in [-0.05, 0) is 24.5 Å². The highest BCUT2D eigenvalue weighted by Gasteiger charge is 2.30. The lowest BCUT2D eigenvalue weighted by Crippen LogP contribution is -2.26. The van der Waals surface area contributed by atoms with Crippen LogP contribution in [0.1, 0.15) is 37.9 Å². The molecule has 0 bridgehead atoms. The number of rotatable bonds is 7. The van der Waals surface area contributed by atoms with Crippen LogP contribution in [0.2, 0.25) is 0 Å². The Morgan fingerprint density at radius 2 is 2.00 bits per heavy atom. The summed E-state index contributed by atoms with van der Waals surface area (Å²) in [5.74, 6) is -2.45. The Bertz CT molecular complexity index is 466. The molecule has 20 heavy (non-hydrogen) atoms. The number of nitrogens with one attached hydrogen (secondary N) is 1. The fourth-order valence-corrected chi connectivity index (χ4v) is 2.98. The maximum Gasteiger partial charge on any atom is 0.295 e. The van der Waals surface area contributed by atoms with Gasteiger partial charge in [-0.3, -0.25) is 0 Å². The first-order chi connectivity index (χ1) is 9.26. The Morgan fingerprint density at radius 1 is 1.35 bits per heavy atom. The van der Waals surface area contributed by atoms with Crippen molar-refractivity contribution in [3.63, 3.8) is 0 Å². The van der Waals surface area contributed by atoms with E-state index in [9.17, 15) is 13.0 Å².